The molecule has 0 atom stereocenters. The fourth-order valence-corrected chi connectivity index (χ4v) is 14.3. The third-order valence-corrected chi connectivity index (χ3v) is 17.1. The minimum Gasteiger partial charge on any atom is -0.310 e. The number of thiophene rings is 2. The van der Waals surface area contributed by atoms with Crippen LogP contribution in [-0.2, 0) is 0 Å². The zero-order valence-electron chi connectivity index (χ0n) is 28.9. The maximum Gasteiger partial charge on any atom is 0.114 e. The second kappa shape index (κ2) is 11.2. The Hall–Kier alpha value is -5.52. The van der Waals surface area contributed by atoms with E-state index in [-0.39, 0.29) is 0 Å². The fraction of sp³-hybridized carbons (Fsp3) is 0.0417. The van der Waals surface area contributed by atoms with Gasteiger partial charge in [0.1, 0.15) is 8.07 Å². The van der Waals surface area contributed by atoms with Crippen LogP contribution in [0, 0.1) is 0 Å². The van der Waals surface area contributed by atoms with Crippen LogP contribution in [0.4, 0.5) is 17.1 Å². The minimum absolute atomic E-state index is 1.16. The van der Waals surface area contributed by atoms with Gasteiger partial charge in [-0.2, -0.15) is 0 Å². The van der Waals surface area contributed by atoms with E-state index in [0.717, 1.165) is 5.69 Å². The van der Waals surface area contributed by atoms with Crippen LogP contribution in [-0.4, -0.2) is 8.07 Å². The first kappa shape index (κ1) is 30.1. The van der Waals surface area contributed by atoms with Gasteiger partial charge in [0.2, 0.25) is 0 Å². The Labute approximate surface area is 311 Å². The Balaban J connectivity index is 1.16. The summed E-state index contributed by atoms with van der Waals surface area (Å²) in [6.45, 7) is 5.08. The molecule has 0 bridgehead atoms. The summed E-state index contributed by atoms with van der Waals surface area (Å²) in [5.41, 5.74) is 8.93. The molecule has 0 radical (unpaired) electrons. The zero-order valence-corrected chi connectivity index (χ0v) is 31.5. The highest BCUT2D eigenvalue weighted by Gasteiger charge is 2.39. The molecule has 1 aliphatic heterocycles. The Kier molecular flexibility index (Phi) is 6.51. The molecule has 1 aliphatic rings. The van der Waals surface area contributed by atoms with Gasteiger partial charge in [-0.05, 0) is 91.9 Å². The summed E-state index contributed by atoms with van der Waals surface area (Å²) < 4.78 is 5.42. The number of fused-ring (bicyclic) bond motifs is 11. The third-order valence-electron chi connectivity index (χ3n) is 11.3. The van der Waals surface area contributed by atoms with E-state index in [4.69, 9.17) is 0 Å². The van der Waals surface area contributed by atoms with Crippen LogP contribution >= 0.6 is 22.7 Å². The largest absolute Gasteiger partial charge is 0.310 e. The molecule has 0 aliphatic carbocycles. The van der Waals surface area contributed by atoms with Crippen molar-refractivity contribution < 1.29 is 0 Å². The molecule has 8 aromatic carbocycles. The van der Waals surface area contributed by atoms with Crippen molar-refractivity contribution >= 4 is 109 Å². The lowest BCUT2D eigenvalue weighted by molar-refractivity contribution is 1.30. The lowest BCUT2D eigenvalue weighted by atomic mass is 9.97. The van der Waals surface area contributed by atoms with E-state index in [1.54, 1.807) is 5.19 Å². The van der Waals surface area contributed by atoms with Gasteiger partial charge in [-0.1, -0.05) is 128 Å². The van der Waals surface area contributed by atoms with Crippen molar-refractivity contribution in [1.29, 1.82) is 0 Å². The van der Waals surface area contributed by atoms with E-state index >= 15 is 0 Å². The molecular formula is C48H33NS2Si. The maximum atomic E-state index is 2.54. The lowest BCUT2D eigenvalue weighted by Gasteiger charge is -2.29. The summed E-state index contributed by atoms with van der Waals surface area (Å²) in [6.07, 6.45) is 0. The van der Waals surface area contributed by atoms with Gasteiger partial charge in [0, 0.05) is 51.7 Å². The molecule has 0 fully saturated rings. The normalized spacial score (nSPS) is 13.3. The van der Waals surface area contributed by atoms with Crippen LogP contribution in [0.15, 0.2) is 164 Å². The van der Waals surface area contributed by atoms with E-state index in [1.807, 2.05) is 22.7 Å². The van der Waals surface area contributed by atoms with Crippen molar-refractivity contribution in [3.05, 3.63) is 164 Å². The summed E-state index contributed by atoms with van der Waals surface area (Å²) in [5, 5.41) is 11.0. The molecule has 0 saturated carbocycles. The second-order valence-corrected chi connectivity index (χ2v) is 20.9. The Morgan fingerprint density at radius 2 is 1.15 bits per heavy atom. The van der Waals surface area contributed by atoms with Crippen LogP contribution < -0.4 is 15.3 Å². The van der Waals surface area contributed by atoms with Crippen LogP contribution in [0.3, 0.4) is 0 Å². The molecule has 0 spiro atoms. The number of nitrogens with zero attached hydrogens (tertiary/aromatic N) is 1. The summed E-state index contributed by atoms with van der Waals surface area (Å²) in [4.78, 5) is 2.53. The molecule has 3 heterocycles. The van der Waals surface area contributed by atoms with Crippen LogP contribution in [0.1, 0.15) is 0 Å². The fourth-order valence-electron chi connectivity index (χ4n) is 8.79. The van der Waals surface area contributed by atoms with E-state index in [9.17, 15) is 0 Å². The van der Waals surface area contributed by atoms with E-state index < -0.39 is 8.07 Å². The van der Waals surface area contributed by atoms with Crippen molar-refractivity contribution in [2.75, 3.05) is 4.90 Å². The van der Waals surface area contributed by atoms with Gasteiger partial charge in [-0.3, -0.25) is 0 Å². The van der Waals surface area contributed by atoms with Gasteiger partial charge in [0.15, 0.2) is 0 Å². The highest BCUT2D eigenvalue weighted by atomic mass is 32.1. The summed E-state index contributed by atoms with van der Waals surface area (Å²) in [5.74, 6) is 0. The molecule has 52 heavy (non-hydrogen) atoms. The Bertz CT molecular complexity index is 3070. The monoisotopic (exact) mass is 715 g/mol. The molecule has 11 rings (SSSR count). The Morgan fingerprint density at radius 1 is 0.462 bits per heavy atom. The lowest BCUT2D eigenvalue weighted by Crippen LogP contribution is -2.49. The molecule has 4 heteroatoms. The molecule has 246 valence electrons. The smallest absolute Gasteiger partial charge is 0.114 e. The molecule has 0 amide bonds. The van der Waals surface area contributed by atoms with Crippen molar-refractivity contribution in [3.63, 3.8) is 0 Å². The number of benzene rings is 8. The van der Waals surface area contributed by atoms with Gasteiger partial charge in [-0.15, -0.1) is 22.7 Å². The highest BCUT2D eigenvalue weighted by molar-refractivity contribution is 7.27. The zero-order chi connectivity index (χ0) is 34.6. The second-order valence-electron chi connectivity index (χ2n) is 14.5. The first-order chi connectivity index (χ1) is 25.5. The first-order valence-corrected chi connectivity index (χ1v) is 22.6. The molecule has 0 N–H and O–H groups in total. The quantitative estimate of drug-likeness (QED) is 0.164. The average Bonchev–Trinajstić information content (AvgIpc) is 3.83. The van der Waals surface area contributed by atoms with Crippen molar-refractivity contribution in [3.8, 4) is 22.3 Å². The van der Waals surface area contributed by atoms with Gasteiger partial charge in [0.05, 0.1) is 5.69 Å². The van der Waals surface area contributed by atoms with Gasteiger partial charge >= 0.3 is 0 Å². The predicted octanol–water partition coefficient (Wildman–Crippen LogP) is 13.5. The average molecular weight is 716 g/mol. The van der Waals surface area contributed by atoms with E-state index in [2.05, 4.69) is 182 Å². The number of hydrogen-bond donors (Lipinski definition) is 0. The van der Waals surface area contributed by atoms with Gasteiger partial charge in [0.25, 0.3) is 0 Å². The van der Waals surface area contributed by atoms with Crippen LogP contribution in [0.25, 0.3) is 73.4 Å². The number of rotatable bonds is 4. The predicted molar refractivity (Wildman–Crippen MR) is 232 cm³/mol. The number of hydrogen-bond acceptors (Lipinski definition) is 3. The van der Waals surface area contributed by atoms with Gasteiger partial charge in [-0.25, -0.2) is 0 Å². The van der Waals surface area contributed by atoms with Crippen molar-refractivity contribution in [1.82, 2.24) is 0 Å². The topological polar surface area (TPSA) is 3.24 Å². The van der Waals surface area contributed by atoms with Crippen LogP contribution in [0.5, 0.6) is 0 Å². The SMILES string of the molecule is C[Si]1(C)c2cc(N(c3cccc(-c4cccc5ccccc45)c3)c3cccc4sc5ccccc5c34)ccc2-c2c1ccc1c2sc2ccccc21. The van der Waals surface area contributed by atoms with E-state index in [0.29, 0.717) is 0 Å². The maximum absolute atomic E-state index is 2.54. The summed E-state index contributed by atoms with van der Waals surface area (Å²) in [7, 11) is -2.02. The van der Waals surface area contributed by atoms with Crippen molar-refractivity contribution in [2.24, 2.45) is 0 Å². The summed E-state index contributed by atoms with van der Waals surface area (Å²) >= 11 is 3.83. The Morgan fingerprint density at radius 3 is 2.04 bits per heavy atom. The van der Waals surface area contributed by atoms with Crippen molar-refractivity contribution in [2.45, 2.75) is 13.1 Å². The number of anilines is 3. The van der Waals surface area contributed by atoms with E-state index in [1.165, 1.54) is 89.9 Å². The highest BCUT2D eigenvalue weighted by Crippen LogP contribution is 2.47. The molecule has 0 saturated heterocycles. The molecule has 2 aromatic heterocycles. The first-order valence-electron chi connectivity index (χ1n) is 17.9. The van der Waals surface area contributed by atoms with Gasteiger partial charge < -0.3 is 4.90 Å². The molecule has 1 nitrogen and oxygen atoms in total. The summed E-state index contributed by atoms with van der Waals surface area (Å²) in [6, 6.07) is 61.3. The molecular weight excluding hydrogens is 683 g/mol. The van der Waals surface area contributed by atoms with Crippen LogP contribution in [0.2, 0.25) is 13.1 Å². The standard InChI is InChI=1S/C48H33NS2Si/c1-52(2)44-27-26-37-36-17-5-7-21-41(36)51-48(37)47(44)39-25-24-33(29-45(39)52)49(40-20-11-23-43-46(40)38-18-6-8-22-42(38)50-43)32-15-9-14-31(28-32)35-19-10-13-30-12-3-4-16-34(30)35/h3-29H,1-2H3. The molecule has 0 unspecified atom stereocenters. The minimum atomic E-state index is -2.02. The third kappa shape index (κ3) is 4.32. The molecule has 10 aromatic rings.